The van der Waals surface area contributed by atoms with Crippen molar-refractivity contribution >= 4 is 38.9 Å². The number of H-pyrrole nitrogens is 1. The molecule has 5 rings (SSSR count). The first-order chi connectivity index (χ1) is 14.4. The van der Waals surface area contributed by atoms with Crippen molar-refractivity contribution in [2.24, 2.45) is 0 Å². The van der Waals surface area contributed by atoms with Crippen LogP contribution in [-0.2, 0) is 11.8 Å². The van der Waals surface area contributed by atoms with E-state index in [0.717, 1.165) is 39.4 Å². The monoisotopic (exact) mass is 393 g/mol. The van der Waals surface area contributed by atoms with Crippen molar-refractivity contribution < 1.29 is 4.42 Å². The van der Waals surface area contributed by atoms with Gasteiger partial charge in [0.2, 0.25) is 0 Å². The third kappa shape index (κ3) is 2.71. The number of fused-ring (bicyclic) bond motifs is 4. The zero-order valence-electron chi connectivity index (χ0n) is 18.1. The number of rotatable bonds is 3. The highest BCUT2D eigenvalue weighted by Gasteiger charge is 2.22. The Bertz CT molecular complexity index is 1420. The molecular weight excluding hydrogens is 366 g/mol. The van der Waals surface area contributed by atoms with Crippen LogP contribution in [0.15, 0.2) is 65.6 Å². The molecule has 3 aromatic carbocycles. The highest BCUT2D eigenvalue weighted by Crippen LogP contribution is 2.41. The Labute approximate surface area is 177 Å². The van der Waals surface area contributed by atoms with E-state index in [2.05, 4.69) is 81.7 Å². The van der Waals surface area contributed by atoms with E-state index in [1.165, 1.54) is 27.8 Å². The molecule has 2 aromatic heterocycles. The van der Waals surface area contributed by atoms with Crippen molar-refractivity contribution in [2.45, 2.75) is 39.5 Å². The first-order valence-electron chi connectivity index (χ1n) is 10.6. The molecule has 0 saturated heterocycles. The molecule has 0 atom stereocenters. The van der Waals surface area contributed by atoms with Crippen molar-refractivity contribution in [3.8, 4) is 11.1 Å². The van der Waals surface area contributed by atoms with Crippen LogP contribution >= 0.6 is 0 Å². The molecule has 0 aliphatic rings. The summed E-state index contributed by atoms with van der Waals surface area (Å²) < 4.78 is 6.37. The molecule has 0 aliphatic heterocycles. The maximum atomic E-state index is 6.37. The molecule has 0 amide bonds. The Balaban J connectivity index is 1.93. The average Bonchev–Trinajstić information content (AvgIpc) is 3.30. The van der Waals surface area contributed by atoms with Gasteiger partial charge in [-0.25, -0.2) is 0 Å². The van der Waals surface area contributed by atoms with Crippen molar-refractivity contribution in [3.63, 3.8) is 0 Å². The third-order valence-corrected chi connectivity index (χ3v) is 6.15. The first kappa shape index (κ1) is 18.7. The topological polar surface area (TPSA) is 28.9 Å². The van der Waals surface area contributed by atoms with Gasteiger partial charge in [0.1, 0.15) is 11.2 Å². The van der Waals surface area contributed by atoms with Crippen LogP contribution in [0.5, 0.6) is 0 Å². The lowest BCUT2D eigenvalue weighted by Crippen LogP contribution is -2.11. The Morgan fingerprint density at radius 2 is 1.70 bits per heavy atom. The van der Waals surface area contributed by atoms with Gasteiger partial charge < -0.3 is 9.40 Å². The fraction of sp³-hybridized carbons (Fsp3) is 0.214. The molecule has 0 aliphatic carbocycles. The number of aromatic amines is 1. The van der Waals surface area contributed by atoms with E-state index < -0.39 is 0 Å². The van der Waals surface area contributed by atoms with Crippen LogP contribution in [0.4, 0.5) is 0 Å². The van der Waals surface area contributed by atoms with Gasteiger partial charge in [0, 0.05) is 38.5 Å². The van der Waals surface area contributed by atoms with Crippen molar-refractivity contribution in [2.75, 3.05) is 0 Å². The van der Waals surface area contributed by atoms with Crippen LogP contribution in [0.2, 0.25) is 0 Å². The van der Waals surface area contributed by atoms with Gasteiger partial charge in [-0.15, -0.1) is 0 Å². The minimum Gasteiger partial charge on any atom is -0.455 e. The van der Waals surface area contributed by atoms with Crippen LogP contribution in [0, 0.1) is 0 Å². The van der Waals surface area contributed by atoms with Crippen molar-refractivity contribution in [3.05, 3.63) is 78.0 Å². The number of benzene rings is 3. The summed E-state index contributed by atoms with van der Waals surface area (Å²) in [5.74, 6) is 0. The summed E-state index contributed by atoms with van der Waals surface area (Å²) >= 11 is 0. The summed E-state index contributed by atoms with van der Waals surface area (Å²) in [6.45, 7) is 13.1. The molecule has 0 saturated carbocycles. The van der Waals surface area contributed by atoms with Crippen LogP contribution in [-0.4, -0.2) is 4.98 Å². The van der Waals surface area contributed by atoms with Gasteiger partial charge in [-0.05, 0) is 35.6 Å². The summed E-state index contributed by atoms with van der Waals surface area (Å²) in [5, 5.41) is 3.55. The molecule has 0 unspecified atom stereocenters. The number of hydrogen-bond acceptors (Lipinski definition) is 1. The largest absolute Gasteiger partial charge is 0.455 e. The number of para-hydroxylation sites is 2. The van der Waals surface area contributed by atoms with E-state index in [4.69, 9.17) is 4.42 Å². The van der Waals surface area contributed by atoms with E-state index in [-0.39, 0.29) is 5.41 Å². The van der Waals surface area contributed by atoms with E-state index in [1.807, 2.05) is 18.2 Å². The van der Waals surface area contributed by atoms with Gasteiger partial charge in [0.25, 0.3) is 0 Å². The maximum Gasteiger partial charge on any atom is 0.143 e. The summed E-state index contributed by atoms with van der Waals surface area (Å²) in [5.41, 5.74) is 9.11. The van der Waals surface area contributed by atoms with Gasteiger partial charge >= 0.3 is 0 Å². The molecule has 30 heavy (non-hydrogen) atoms. The zero-order valence-corrected chi connectivity index (χ0v) is 18.1. The molecule has 1 N–H and O–H groups in total. The lowest BCUT2D eigenvalue weighted by Gasteiger charge is -2.21. The fourth-order valence-electron chi connectivity index (χ4n) is 4.49. The summed E-state index contributed by atoms with van der Waals surface area (Å²) in [6, 6.07) is 19.4. The number of nitrogens with one attached hydrogen (secondary N) is 1. The number of hydrogen-bond donors (Lipinski definition) is 1. The molecule has 2 heteroatoms. The molecule has 0 bridgehead atoms. The highest BCUT2D eigenvalue weighted by molar-refractivity contribution is 6.12. The molecule has 0 fully saturated rings. The van der Waals surface area contributed by atoms with E-state index in [9.17, 15) is 0 Å². The molecule has 2 heterocycles. The average molecular weight is 394 g/mol. The smallest absolute Gasteiger partial charge is 0.143 e. The Kier molecular flexibility index (Phi) is 4.14. The Hall–Kier alpha value is -3.26. The number of aryl methyl sites for hydroxylation is 1. The zero-order chi connectivity index (χ0) is 21.0. The predicted molar refractivity (Wildman–Crippen MR) is 129 cm³/mol. The Morgan fingerprint density at radius 1 is 0.933 bits per heavy atom. The minimum absolute atomic E-state index is 0.0345. The van der Waals surface area contributed by atoms with E-state index >= 15 is 0 Å². The molecule has 0 radical (unpaired) electrons. The minimum atomic E-state index is 0.0345. The normalized spacial score (nSPS) is 12.3. The molecule has 150 valence electrons. The van der Waals surface area contributed by atoms with Gasteiger partial charge in [-0.1, -0.05) is 76.7 Å². The standard InChI is InChI=1S/C28H27NO/c1-6-18-22-15-17(28(3,4)5)16-23(26(22)29-24(18)7-2)21-13-10-12-20-19-11-8-9-14-25(19)30-27(20)21/h6,8-16,29H,1,7H2,2-5H3. The summed E-state index contributed by atoms with van der Waals surface area (Å²) in [6.07, 6.45) is 2.92. The third-order valence-electron chi connectivity index (χ3n) is 6.15. The maximum absolute atomic E-state index is 6.37. The van der Waals surface area contributed by atoms with Crippen molar-refractivity contribution in [1.82, 2.24) is 4.98 Å². The van der Waals surface area contributed by atoms with Crippen LogP contribution in [0.25, 0.3) is 50.0 Å². The van der Waals surface area contributed by atoms with Crippen molar-refractivity contribution in [1.29, 1.82) is 0 Å². The highest BCUT2D eigenvalue weighted by atomic mass is 16.3. The van der Waals surface area contributed by atoms with Crippen LogP contribution < -0.4 is 0 Å². The molecule has 0 spiro atoms. The second kappa shape index (κ2) is 6.63. The van der Waals surface area contributed by atoms with Gasteiger partial charge in [-0.2, -0.15) is 0 Å². The Morgan fingerprint density at radius 3 is 2.43 bits per heavy atom. The fourth-order valence-corrected chi connectivity index (χ4v) is 4.49. The number of aromatic nitrogens is 1. The van der Waals surface area contributed by atoms with E-state index in [0.29, 0.717) is 0 Å². The lowest BCUT2D eigenvalue weighted by atomic mass is 9.83. The number of furan rings is 1. The molecule has 2 nitrogen and oxygen atoms in total. The van der Waals surface area contributed by atoms with E-state index in [1.54, 1.807) is 0 Å². The van der Waals surface area contributed by atoms with Crippen LogP contribution in [0.3, 0.4) is 0 Å². The quantitative estimate of drug-likeness (QED) is 0.328. The summed E-state index contributed by atoms with van der Waals surface area (Å²) in [4.78, 5) is 3.70. The second-order valence-electron chi connectivity index (χ2n) is 9.05. The predicted octanol–water partition coefficient (Wildman–Crippen LogP) is 8.24. The van der Waals surface area contributed by atoms with Crippen LogP contribution in [0.1, 0.15) is 44.5 Å². The molecule has 5 aromatic rings. The van der Waals surface area contributed by atoms with Gasteiger partial charge in [-0.3, -0.25) is 0 Å². The van der Waals surface area contributed by atoms with Gasteiger partial charge in [0.05, 0.1) is 5.52 Å². The first-order valence-corrected chi connectivity index (χ1v) is 10.6. The second-order valence-corrected chi connectivity index (χ2v) is 9.05. The lowest BCUT2D eigenvalue weighted by molar-refractivity contribution is 0.591. The van der Waals surface area contributed by atoms with Gasteiger partial charge in [0.15, 0.2) is 0 Å². The summed E-state index contributed by atoms with van der Waals surface area (Å²) in [7, 11) is 0. The molecular formula is C28H27NO. The SMILES string of the molecule is C=Cc1c(CC)[nH]c2c(-c3cccc4c3oc3ccccc34)cc(C(C)(C)C)cc12.